The second-order valence-electron chi connectivity index (χ2n) is 9.29. The van der Waals surface area contributed by atoms with E-state index in [9.17, 15) is 0 Å². The Labute approximate surface area is 214 Å². The normalized spacial score (nSPS) is 11.7. The first-order valence-electron chi connectivity index (χ1n) is 11.8. The van der Waals surface area contributed by atoms with Crippen LogP contribution in [-0.4, -0.2) is 0 Å². The zero-order valence-electron chi connectivity index (χ0n) is 20.1. The molecule has 6 rings (SSSR count). The summed E-state index contributed by atoms with van der Waals surface area (Å²) in [6.45, 7) is 8.60. The van der Waals surface area contributed by atoms with Crippen LogP contribution in [0.25, 0.3) is 43.1 Å². The van der Waals surface area contributed by atoms with Gasteiger partial charge in [0.1, 0.15) is 0 Å². The zero-order valence-corrected chi connectivity index (χ0v) is 21.6. The maximum Gasteiger partial charge on any atom is 0.154 e. The van der Waals surface area contributed by atoms with Crippen molar-refractivity contribution in [3.63, 3.8) is 0 Å². The van der Waals surface area contributed by atoms with E-state index < -0.39 is 0 Å². The van der Waals surface area contributed by atoms with E-state index in [1.165, 1.54) is 32.7 Å². The smallest absolute Gasteiger partial charge is 0.154 e. The lowest BCUT2D eigenvalue weighted by molar-refractivity contribution is 0.494. The molecule has 0 fully saturated rings. The molecule has 0 saturated heterocycles. The summed E-state index contributed by atoms with van der Waals surface area (Å²) in [5, 5.41) is 10.3. The molecule has 6 aromatic carbocycles. The fourth-order valence-electron chi connectivity index (χ4n) is 5.62. The van der Waals surface area contributed by atoms with E-state index >= 15 is 0 Å². The molecule has 6 aromatic rings. The monoisotopic (exact) mass is 494 g/mol. The zero-order chi connectivity index (χ0) is 24.4. The molecule has 0 unspecified atom stereocenters. The first-order valence-corrected chi connectivity index (χ1v) is 12.5. The van der Waals surface area contributed by atoms with Crippen LogP contribution in [0.3, 0.4) is 0 Å². The Balaban J connectivity index is 1.71. The molecule has 0 aromatic heterocycles. The fraction of sp³-hybridized carbons (Fsp3) is 0.125. The van der Waals surface area contributed by atoms with Gasteiger partial charge in [0.2, 0.25) is 0 Å². The van der Waals surface area contributed by atoms with Gasteiger partial charge in [-0.2, -0.15) is 0 Å². The summed E-state index contributed by atoms with van der Waals surface area (Å²) >= 11 is 13.7. The van der Waals surface area contributed by atoms with Crippen LogP contribution in [0.4, 0.5) is 0 Å². The van der Waals surface area contributed by atoms with E-state index in [0.717, 1.165) is 32.7 Å². The lowest BCUT2D eigenvalue weighted by Gasteiger charge is -2.20. The van der Waals surface area contributed by atoms with Gasteiger partial charge in [0.15, 0.2) is 11.5 Å². The molecule has 0 N–H and O–H groups in total. The molecule has 0 aliphatic rings. The SMILES string of the molecule is Cc1c2ccccc2c(C)c2c(Oc3c(Cl)ccc4c(C)c5ccccc5c(C)c34)c(Cl)ccc12. The molecule has 0 aliphatic carbocycles. The van der Waals surface area contributed by atoms with Crippen LogP contribution in [0.5, 0.6) is 11.5 Å². The van der Waals surface area contributed by atoms with Gasteiger partial charge in [-0.3, -0.25) is 0 Å². The number of aryl methyl sites for hydroxylation is 4. The average Bonchev–Trinajstić information content (AvgIpc) is 2.88. The fourth-order valence-corrected chi connectivity index (χ4v) is 6.01. The van der Waals surface area contributed by atoms with E-state index in [2.05, 4.69) is 88.4 Å². The Hall–Kier alpha value is -3.26. The summed E-state index contributed by atoms with van der Waals surface area (Å²) in [4.78, 5) is 0. The number of fused-ring (bicyclic) bond motifs is 4. The van der Waals surface area contributed by atoms with Crippen molar-refractivity contribution >= 4 is 66.3 Å². The molecule has 0 aliphatic heterocycles. The van der Waals surface area contributed by atoms with Crippen molar-refractivity contribution in [1.29, 1.82) is 0 Å². The summed E-state index contributed by atoms with van der Waals surface area (Å²) in [6, 6.07) is 25.0. The highest BCUT2D eigenvalue weighted by Crippen LogP contribution is 2.47. The minimum Gasteiger partial charge on any atom is -0.453 e. The van der Waals surface area contributed by atoms with Gasteiger partial charge in [-0.15, -0.1) is 0 Å². The van der Waals surface area contributed by atoms with Crippen molar-refractivity contribution in [3.05, 3.63) is 105 Å². The number of ether oxygens (including phenoxy) is 1. The molecule has 0 saturated carbocycles. The third kappa shape index (κ3) is 3.22. The average molecular weight is 495 g/mol. The lowest BCUT2D eigenvalue weighted by atomic mass is 9.92. The highest BCUT2D eigenvalue weighted by molar-refractivity contribution is 6.35. The maximum atomic E-state index is 6.83. The predicted molar refractivity (Wildman–Crippen MR) is 152 cm³/mol. The van der Waals surface area contributed by atoms with Crippen LogP contribution in [0.15, 0.2) is 72.8 Å². The standard InChI is InChI=1S/C32H24Cl2O/c1-17-21-9-5-7-11-23(21)19(3)29-25(17)13-15-27(33)31(29)35-32-28(34)16-14-26-18(2)22-10-6-8-12-24(22)20(4)30(26)32/h5-16H,1-4H3. The molecule has 0 amide bonds. The van der Waals surface area contributed by atoms with Gasteiger partial charge in [0.25, 0.3) is 0 Å². The van der Waals surface area contributed by atoms with E-state index in [1.807, 2.05) is 12.1 Å². The lowest BCUT2D eigenvalue weighted by Crippen LogP contribution is -1.96. The second kappa shape index (κ2) is 8.16. The van der Waals surface area contributed by atoms with Crippen molar-refractivity contribution in [2.24, 2.45) is 0 Å². The van der Waals surface area contributed by atoms with Crippen LogP contribution in [-0.2, 0) is 0 Å². The summed E-state index contributed by atoms with van der Waals surface area (Å²) in [5.74, 6) is 1.30. The number of hydrogen-bond acceptors (Lipinski definition) is 1. The number of halogens is 2. The molecular weight excluding hydrogens is 471 g/mol. The molecule has 0 bridgehead atoms. The Bertz CT molecular complexity index is 1700. The van der Waals surface area contributed by atoms with Crippen molar-refractivity contribution < 1.29 is 4.74 Å². The van der Waals surface area contributed by atoms with Gasteiger partial charge in [0, 0.05) is 10.8 Å². The van der Waals surface area contributed by atoms with Gasteiger partial charge in [-0.05, 0) is 94.4 Å². The molecule has 172 valence electrons. The molecule has 3 heteroatoms. The summed E-state index contributed by atoms with van der Waals surface area (Å²) in [6.07, 6.45) is 0. The molecule has 0 radical (unpaired) electrons. The van der Waals surface area contributed by atoms with Crippen LogP contribution < -0.4 is 4.74 Å². The molecule has 0 heterocycles. The Morgan fingerprint density at radius 3 is 1.14 bits per heavy atom. The van der Waals surface area contributed by atoms with Crippen LogP contribution in [0.1, 0.15) is 22.3 Å². The predicted octanol–water partition coefficient (Wildman–Crippen LogP) is 10.6. The van der Waals surface area contributed by atoms with E-state index in [4.69, 9.17) is 27.9 Å². The molecule has 1 nitrogen and oxygen atoms in total. The van der Waals surface area contributed by atoms with E-state index in [-0.39, 0.29) is 0 Å². The summed E-state index contributed by atoms with van der Waals surface area (Å²) in [5.41, 5.74) is 4.72. The van der Waals surface area contributed by atoms with Crippen molar-refractivity contribution in [1.82, 2.24) is 0 Å². The van der Waals surface area contributed by atoms with Crippen LogP contribution >= 0.6 is 23.2 Å². The van der Waals surface area contributed by atoms with E-state index in [1.54, 1.807) is 0 Å². The largest absolute Gasteiger partial charge is 0.453 e. The first-order chi connectivity index (χ1) is 16.9. The van der Waals surface area contributed by atoms with E-state index in [0.29, 0.717) is 21.5 Å². The minimum atomic E-state index is 0.568. The first kappa shape index (κ1) is 22.2. The number of rotatable bonds is 2. The van der Waals surface area contributed by atoms with Crippen LogP contribution in [0, 0.1) is 27.7 Å². The van der Waals surface area contributed by atoms with Gasteiger partial charge in [-0.25, -0.2) is 0 Å². The third-order valence-corrected chi connectivity index (χ3v) is 8.05. The van der Waals surface area contributed by atoms with Crippen molar-refractivity contribution in [2.45, 2.75) is 27.7 Å². The molecular formula is C32H24Cl2O. The highest BCUT2D eigenvalue weighted by atomic mass is 35.5. The van der Waals surface area contributed by atoms with Crippen molar-refractivity contribution in [3.8, 4) is 11.5 Å². The molecule has 35 heavy (non-hydrogen) atoms. The maximum absolute atomic E-state index is 6.83. The minimum absolute atomic E-state index is 0.568. The highest BCUT2D eigenvalue weighted by Gasteiger charge is 2.20. The van der Waals surface area contributed by atoms with Gasteiger partial charge in [-0.1, -0.05) is 83.9 Å². The topological polar surface area (TPSA) is 9.23 Å². The van der Waals surface area contributed by atoms with Gasteiger partial charge < -0.3 is 4.74 Å². The summed E-state index contributed by atoms with van der Waals surface area (Å²) in [7, 11) is 0. The van der Waals surface area contributed by atoms with Crippen molar-refractivity contribution in [2.75, 3.05) is 0 Å². The Kier molecular flexibility index (Phi) is 5.18. The van der Waals surface area contributed by atoms with Crippen LogP contribution in [0.2, 0.25) is 10.0 Å². The van der Waals surface area contributed by atoms with Gasteiger partial charge >= 0.3 is 0 Å². The quantitative estimate of drug-likeness (QED) is 0.217. The third-order valence-electron chi connectivity index (χ3n) is 7.45. The number of hydrogen-bond donors (Lipinski definition) is 0. The Morgan fingerprint density at radius 1 is 0.429 bits per heavy atom. The molecule has 0 atom stereocenters. The second-order valence-corrected chi connectivity index (χ2v) is 10.1. The molecule has 0 spiro atoms. The summed E-state index contributed by atoms with van der Waals surface area (Å²) < 4.78 is 6.77. The number of benzene rings is 6. The Morgan fingerprint density at radius 2 is 0.771 bits per heavy atom. The van der Waals surface area contributed by atoms with Gasteiger partial charge in [0.05, 0.1) is 10.0 Å².